The van der Waals surface area contributed by atoms with Gasteiger partial charge in [0.25, 0.3) is 10.9 Å². The Morgan fingerprint density at radius 2 is 0.790 bits per heavy atom. The summed E-state index contributed by atoms with van der Waals surface area (Å²) in [6, 6.07) is 0. The Labute approximate surface area is 381 Å². The predicted octanol–water partition coefficient (Wildman–Crippen LogP) is 14.0. The molecular weight excluding hydrogens is 775 g/mol. The Morgan fingerprint density at radius 3 is 1.21 bits per heavy atom. The number of rotatable bonds is 47. The second kappa shape index (κ2) is 41.3. The minimum absolute atomic E-state index is 0.00309. The van der Waals surface area contributed by atoms with Gasteiger partial charge in [0.15, 0.2) is 0 Å². The van der Waals surface area contributed by atoms with E-state index in [1.807, 2.05) is 0 Å². The van der Waals surface area contributed by atoms with E-state index in [1.54, 1.807) is 7.05 Å². The third kappa shape index (κ3) is 30.6. The zero-order valence-corrected chi connectivity index (χ0v) is 41.3. The first-order valence-corrected chi connectivity index (χ1v) is 26.7. The number of anilines is 2. The van der Waals surface area contributed by atoms with Gasteiger partial charge in [-0.15, -0.1) is 0 Å². The van der Waals surface area contributed by atoms with Gasteiger partial charge in [0, 0.05) is 26.4 Å². The highest BCUT2D eigenvalue weighted by Gasteiger charge is 2.19. The van der Waals surface area contributed by atoms with Gasteiger partial charge in [-0.3, -0.25) is 19.2 Å². The van der Waals surface area contributed by atoms with E-state index in [9.17, 15) is 19.2 Å². The normalized spacial score (nSPS) is 12.1. The third-order valence-electron chi connectivity index (χ3n) is 12.7. The maximum absolute atomic E-state index is 12.9. The fraction of sp³-hybridized carbons (Fsp3) is 0.887. The number of nitrogens with zero attached hydrogens (tertiary/aromatic N) is 1. The number of hydrogen-bond donors (Lipinski definition) is 2. The molecule has 0 heterocycles. The van der Waals surface area contributed by atoms with Crippen molar-refractivity contribution in [2.45, 2.75) is 271 Å². The molecule has 0 fully saturated rings. The average molecular weight is 874 g/mol. The number of carbonyl (C=O) groups excluding carboxylic acids is 2. The zero-order valence-electron chi connectivity index (χ0n) is 41.3. The van der Waals surface area contributed by atoms with E-state index < -0.39 is 10.9 Å². The molecule has 0 saturated carbocycles. The molecule has 2 N–H and O–H groups in total. The van der Waals surface area contributed by atoms with Crippen molar-refractivity contribution < 1.29 is 19.1 Å². The van der Waals surface area contributed by atoms with Gasteiger partial charge in [0.1, 0.15) is 23.6 Å². The van der Waals surface area contributed by atoms with Gasteiger partial charge in [-0.25, -0.2) is 0 Å². The van der Waals surface area contributed by atoms with Crippen LogP contribution in [0.3, 0.4) is 0 Å². The molecule has 0 radical (unpaired) electrons. The molecule has 0 saturated heterocycles. The quantitative estimate of drug-likeness (QED) is 0.0375. The SMILES string of the molecule is CCCCCCCCC(CCCCCCCC)OC(=O)CCCCCCCN(CCCCCCCC(=O)O[C@@H](CCC)CCCCCCCC)CCCNc1c(NC)c(=O)c1=O. The van der Waals surface area contributed by atoms with Crippen LogP contribution in [0.1, 0.15) is 259 Å². The van der Waals surface area contributed by atoms with Crippen molar-refractivity contribution in [1.29, 1.82) is 0 Å². The van der Waals surface area contributed by atoms with E-state index in [1.165, 1.54) is 96.3 Å². The fourth-order valence-corrected chi connectivity index (χ4v) is 8.71. The van der Waals surface area contributed by atoms with Gasteiger partial charge >= 0.3 is 11.9 Å². The van der Waals surface area contributed by atoms with Crippen molar-refractivity contribution in [3.05, 3.63) is 20.4 Å². The summed E-state index contributed by atoms with van der Waals surface area (Å²) in [5, 5.41) is 6.03. The van der Waals surface area contributed by atoms with Crippen molar-refractivity contribution in [2.24, 2.45) is 0 Å². The summed E-state index contributed by atoms with van der Waals surface area (Å²) in [6.45, 7) is 12.6. The van der Waals surface area contributed by atoms with Crippen LogP contribution in [-0.4, -0.2) is 62.3 Å². The first-order chi connectivity index (χ1) is 30.3. The summed E-state index contributed by atoms with van der Waals surface area (Å²) in [5.74, 6) is -0.0253. The van der Waals surface area contributed by atoms with Gasteiger partial charge in [0.05, 0.1) is 0 Å². The van der Waals surface area contributed by atoms with Crippen molar-refractivity contribution in [2.75, 3.05) is 43.9 Å². The molecule has 0 spiro atoms. The number of hydrogen-bond acceptors (Lipinski definition) is 9. The molecule has 0 aromatic heterocycles. The van der Waals surface area contributed by atoms with Crippen LogP contribution in [0.15, 0.2) is 9.59 Å². The van der Waals surface area contributed by atoms with Crippen molar-refractivity contribution >= 4 is 23.3 Å². The molecule has 362 valence electrons. The summed E-state index contributed by atoms with van der Waals surface area (Å²) in [4.78, 5) is 51.8. The molecule has 9 heteroatoms. The molecule has 0 bridgehead atoms. The monoisotopic (exact) mass is 874 g/mol. The minimum atomic E-state index is -0.439. The summed E-state index contributed by atoms with van der Waals surface area (Å²) in [7, 11) is 1.67. The molecule has 1 aromatic rings. The molecule has 1 aromatic carbocycles. The lowest BCUT2D eigenvalue weighted by molar-refractivity contribution is -0.151. The highest BCUT2D eigenvalue weighted by atomic mass is 16.5. The molecular formula is C53H99N3O6. The van der Waals surface area contributed by atoms with Gasteiger partial charge in [-0.05, 0) is 96.7 Å². The summed E-state index contributed by atoms with van der Waals surface area (Å²) < 4.78 is 12.0. The summed E-state index contributed by atoms with van der Waals surface area (Å²) in [5.41, 5.74) is -0.0567. The Kier molecular flexibility index (Phi) is 38.4. The molecule has 9 nitrogen and oxygen atoms in total. The van der Waals surface area contributed by atoms with E-state index in [0.717, 1.165) is 142 Å². The number of carbonyl (C=O) groups is 2. The van der Waals surface area contributed by atoms with E-state index in [-0.39, 0.29) is 24.1 Å². The smallest absolute Gasteiger partial charge is 0.306 e. The predicted molar refractivity (Wildman–Crippen MR) is 264 cm³/mol. The maximum Gasteiger partial charge on any atom is 0.306 e. The van der Waals surface area contributed by atoms with E-state index in [4.69, 9.17) is 9.47 Å². The minimum Gasteiger partial charge on any atom is -0.462 e. The van der Waals surface area contributed by atoms with Gasteiger partial charge in [-0.2, -0.15) is 0 Å². The van der Waals surface area contributed by atoms with Gasteiger partial charge < -0.3 is 25.0 Å². The van der Waals surface area contributed by atoms with Crippen LogP contribution in [0.2, 0.25) is 0 Å². The maximum atomic E-state index is 12.9. The van der Waals surface area contributed by atoms with E-state index in [0.29, 0.717) is 30.8 Å². The standard InChI is InChI=1S/C53H99N3O6/c1-6-10-13-16-21-28-37-46(36-9-4)61-48(57)40-31-24-19-26-33-43-56(45-35-42-55-51-50(54-5)52(59)53(51)60)44-34-27-20-25-32-41-49(58)62-47(38-29-22-17-14-11-7-2)39-30-23-18-15-12-8-3/h46-47,54-55H,6-45H2,1-5H3/t46-/m0/s1. The second-order valence-electron chi connectivity index (χ2n) is 18.5. The van der Waals surface area contributed by atoms with Crippen LogP contribution >= 0.6 is 0 Å². The van der Waals surface area contributed by atoms with Crippen LogP contribution in [0, 0.1) is 0 Å². The molecule has 62 heavy (non-hydrogen) atoms. The molecule has 1 atom stereocenters. The molecule has 0 aliphatic heterocycles. The Bertz CT molecular complexity index is 1250. The Morgan fingerprint density at radius 1 is 0.435 bits per heavy atom. The zero-order chi connectivity index (χ0) is 45.3. The first kappa shape index (κ1) is 57.6. The molecule has 0 unspecified atom stereocenters. The Hall–Kier alpha value is -2.42. The lowest BCUT2D eigenvalue weighted by Crippen LogP contribution is -2.37. The van der Waals surface area contributed by atoms with Crippen LogP contribution in [-0.2, 0) is 19.1 Å². The number of esters is 2. The molecule has 0 amide bonds. The first-order valence-electron chi connectivity index (χ1n) is 26.7. The van der Waals surface area contributed by atoms with Gasteiger partial charge in [0.2, 0.25) is 0 Å². The second-order valence-corrected chi connectivity index (χ2v) is 18.5. The highest BCUT2D eigenvalue weighted by molar-refractivity contribution is 5.73. The van der Waals surface area contributed by atoms with Crippen LogP contribution in [0.5, 0.6) is 0 Å². The Balaban J connectivity index is 2.43. The van der Waals surface area contributed by atoms with E-state index in [2.05, 4.69) is 43.2 Å². The van der Waals surface area contributed by atoms with Gasteiger partial charge in [-0.1, -0.05) is 169 Å². The van der Waals surface area contributed by atoms with Crippen LogP contribution < -0.4 is 21.5 Å². The van der Waals surface area contributed by atoms with Crippen molar-refractivity contribution in [3.8, 4) is 0 Å². The highest BCUT2D eigenvalue weighted by Crippen LogP contribution is 2.20. The molecule has 0 aliphatic carbocycles. The molecule has 0 aliphatic rings. The largest absolute Gasteiger partial charge is 0.462 e. The van der Waals surface area contributed by atoms with Crippen molar-refractivity contribution in [3.63, 3.8) is 0 Å². The summed E-state index contributed by atoms with van der Waals surface area (Å²) >= 11 is 0. The lowest BCUT2D eigenvalue weighted by atomic mass is 10.0. The third-order valence-corrected chi connectivity index (χ3v) is 12.7. The van der Waals surface area contributed by atoms with Crippen LogP contribution in [0.25, 0.3) is 0 Å². The summed E-state index contributed by atoms with van der Waals surface area (Å²) in [6.07, 6.45) is 40.7. The van der Waals surface area contributed by atoms with E-state index >= 15 is 0 Å². The number of unbranched alkanes of at least 4 members (excludes halogenated alkanes) is 23. The molecule has 1 rings (SSSR count). The van der Waals surface area contributed by atoms with Crippen LogP contribution in [0.4, 0.5) is 11.4 Å². The average Bonchev–Trinajstić information content (AvgIpc) is 3.26. The number of nitrogens with one attached hydrogen (secondary N) is 2. The number of ether oxygens (including phenoxy) is 2. The fourth-order valence-electron chi connectivity index (χ4n) is 8.71. The topological polar surface area (TPSA) is 114 Å². The van der Waals surface area contributed by atoms with Crippen molar-refractivity contribution in [1.82, 2.24) is 4.90 Å². The lowest BCUT2D eigenvalue weighted by Gasteiger charge is -2.23.